The van der Waals surface area contributed by atoms with E-state index in [1.165, 1.54) is 5.57 Å². The van der Waals surface area contributed by atoms with E-state index < -0.39 is 0 Å². The molecule has 0 aliphatic carbocycles. The highest BCUT2D eigenvalue weighted by molar-refractivity contribution is 6.31. The third-order valence-electron chi connectivity index (χ3n) is 1.80. The molecule has 0 unspecified atom stereocenters. The van der Waals surface area contributed by atoms with Crippen LogP contribution in [0.4, 0.5) is 0 Å². The Labute approximate surface area is 98.3 Å². The SMILES string of the molecule is C=C(C)\C=C/C=C/C=C(Cl)\C=C(/C)CC. The van der Waals surface area contributed by atoms with Crippen LogP contribution in [0.2, 0.25) is 0 Å². The van der Waals surface area contributed by atoms with Gasteiger partial charge in [0.1, 0.15) is 0 Å². The topological polar surface area (TPSA) is 0 Å². The lowest BCUT2D eigenvalue weighted by molar-refractivity contribution is 1.10. The monoisotopic (exact) mass is 222 g/mol. The molecule has 0 spiro atoms. The van der Waals surface area contributed by atoms with Crippen molar-refractivity contribution in [2.45, 2.75) is 27.2 Å². The first-order valence-corrected chi connectivity index (χ1v) is 5.47. The van der Waals surface area contributed by atoms with E-state index in [-0.39, 0.29) is 0 Å². The second-order valence-electron chi connectivity index (χ2n) is 3.49. The smallest absolute Gasteiger partial charge is 0.0405 e. The van der Waals surface area contributed by atoms with Crippen LogP contribution in [0.1, 0.15) is 27.2 Å². The van der Waals surface area contributed by atoms with Gasteiger partial charge in [0.25, 0.3) is 0 Å². The lowest BCUT2D eigenvalue weighted by Crippen LogP contribution is -1.71. The molecule has 0 aromatic heterocycles. The summed E-state index contributed by atoms with van der Waals surface area (Å²) in [5.41, 5.74) is 2.32. The van der Waals surface area contributed by atoms with Gasteiger partial charge in [-0.25, -0.2) is 0 Å². The van der Waals surface area contributed by atoms with Crippen LogP contribution in [-0.4, -0.2) is 0 Å². The van der Waals surface area contributed by atoms with Crippen molar-refractivity contribution in [3.8, 4) is 0 Å². The molecule has 0 atom stereocenters. The molecule has 0 aromatic rings. The zero-order valence-corrected chi connectivity index (χ0v) is 10.5. The van der Waals surface area contributed by atoms with Crippen LogP contribution in [0.3, 0.4) is 0 Å². The summed E-state index contributed by atoms with van der Waals surface area (Å²) in [6.07, 6.45) is 12.6. The first-order valence-electron chi connectivity index (χ1n) is 5.09. The molecule has 82 valence electrons. The van der Waals surface area contributed by atoms with Gasteiger partial charge in [0.2, 0.25) is 0 Å². The summed E-state index contributed by atoms with van der Waals surface area (Å²) in [6, 6.07) is 0. The quantitative estimate of drug-likeness (QED) is 0.564. The molecule has 0 bridgehead atoms. The molecule has 0 rings (SSSR count). The summed E-state index contributed by atoms with van der Waals surface area (Å²) in [7, 11) is 0. The maximum absolute atomic E-state index is 5.99. The molecule has 0 nitrogen and oxygen atoms in total. The van der Waals surface area contributed by atoms with Crippen LogP contribution in [-0.2, 0) is 0 Å². The highest BCUT2D eigenvalue weighted by Gasteiger charge is 1.86. The molecule has 0 aliphatic rings. The van der Waals surface area contributed by atoms with Crippen molar-refractivity contribution in [1.29, 1.82) is 0 Å². The average Bonchev–Trinajstić information content (AvgIpc) is 2.16. The number of halogens is 1. The molecule has 1 heteroatoms. The van der Waals surface area contributed by atoms with Crippen LogP contribution in [0, 0.1) is 0 Å². The summed E-state index contributed by atoms with van der Waals surface area (Å²) in [4.78, 5) is 0. The summed E-state index contributed by atoms with van der Waals surface area (Å²) < 4.78 is 0. The zero-order chi connectivity index (χ0) is 11.7. The summed E-state index contributed by atoms with van der Waals surface area (Å²) >= 11 is 5.99. The maximum atomic E-state index is 5.99. The normalized spacial score (nSPS) is 14.1. The van der Waals surface area contributed by atoms with E-state index in [1.807, 2.05) is 43.4 Å². The first-order chi connectivity index (χ1) is 7.06. The Morgan fingerprint density at radius 3 is 2.40 bits per heavy atom. The second-order valence-corrected chi connectivity index (χ2v) is 3.92. The van der Waals surface area contributed by atoms with E-state index in [0.29, 0.717) is 0 Å². The van der Waals surface area contributed by atoms with E-state index in [2.05, 4.69) is 20.4 Å². The Hall–Kier alpha value is -1.01. The molecule has 0 saturated heterocycles. The summed E-state index contributed by atoms with van der Waals surface area (Å²) in [5, 5.41) is 0.759. The molecule has 0 fully saturated rings. The minimum atomic E-state index is 0.759. The summed E-state index contributed by atoms with van der Waals surface area (Å²) in [6.45, 7) is 9.91. The molecule has 0 aromatic carbocycles. The van der Waals surface area contributed by atoms with Gasteiger partial charge in [-0.2, -0.15) is 0 Å². The molecule has 15 heavy (non-hydrogen) atoms. The van der Waals surface area contributed by atoms with Crippen molar-refractivity contribution < 1.29 is 0 Å². The van der Waals surface area contributed by atoms with Crippen LogP contribution in [0.15, 0.2) is 59.2 Å². The first kappa shape index (κ1) is 14.0. The summed E-state index contributed by atoms with van der Waals surface area (Å²) in [5.74, 6) is 0. The lowest BCUT2D eigenvalue weighted by Gasteiger charge is -1.92. The standard InChI is InChI=1S/C14H19Cl/c1-5-13(4)11-14(15)10-8-6-7-9-12(2)3/h6-11H,2,5H2,1,3-4H3/b8-6+,9-7-,13-11+,14-10+. The maximum Gasteiger partial charge on any atom is 0.0405 e. The van der Waals surface area contributed by atoms with Gasteiger partial charge in [-0.15, -0.1) is 0 Å². The Morgan fingerprint density at radius 1 is 1.20 bits per heavy atom. The van der Waals surface area contributed by atoms with Gasteiger partial charge in [-0.1, -0.05) is 60.6 Å². The molecular formula is C14H19Cl. The third-order valence-corrected chi connectivity index (χ3v) is 2.04. The van der Waals surface area contributed by atoms with Crippen LogP contribution in [0.5, 0.6) is 0 Å². The highest BCUT2D eigenvalue weighted by atomic mass is 35.5. The van der Waals surface area contributed by atoms with Crippen molar-refractivity contribution in [2.24, 2.45) is 0 Å². The highest BCUT2D eigenvalue weighted by Crippen LogP contribution is 2.09. The average molecular weight is 223 g/mol. The van der Waals surface area contributed by atoms with Gasteiger partial charge in [0, 0.05) is 5.03 Å². The number of allylic oxidation sites excluding steroid dienone is 9. The van der Waals surface area contributed by atoms with Crippen molar-refractivity contribution >= 4 is 11.6 Å². The van der Waals surface area contributed by atoms with Crippen LogP contribution in [0.25, 0.3) is 0 Å². The van der Waals surface area contributed by atoms with Crippen molar-refractivity contribution in [3.63, 3.8) is 0 Å². The number of hydrogen-bond donors (Lipinski definition) is 0. The van der Waals surface area contributed by atoms with Crippen LogP contribution < -0.4 is 0 Å². The third kappa shape index (κ3) is 9.30. The van der Waals surface area contributed by atoms with Gasteiger partial charge in [-0.05, 0) is 32.4 Å². The second kappa shape index (κ2) is 8.31. The largest absolute Gasteiger partial charge is 0.0961 e. The van der Waals surface area contributed by atoms with Gasteiger partial charge >= 0.3 is 0 Å². The molecular weight excluding hydrogens is 204 g/mol. The predicted octanol–water partition coefficient (Wildman–Crippen LogP) is 5.15. The fourth-order valence-electron chi connectivity index (χ4n) is 0.817. The number of rotatable bonds is 5. The molecule has 0 amide bonds. The molecule has 0 radical (unpaired) electrons. The Kier molecular flexibility index (Phi) is 7.75. The van der Waals surface area contributed by atoms with Crippen molar-refractivity contribution in [3.05, 3.63) is 59.2 Å². The van der Waals surface area contributed by atoms with Crippen molar-refractivity contribution in [2.75, 3.05) is 0 Å². The van der Waals surface area contributed by atoms with Gasteiger partial charge in [0.05, 0.1) is 0 Å². The van der Waals surface area contributed by atoms with Gasteiger partial charge in [0.15, 0.2) is 0 Å². The molecule has 0 heterocycles. The van der Waals surface area contributed by atoms with Gasteiger partial charge in [-0.3, -0.25) is 0 Å². The minimum Gasteiger partial charge on any atom is -0.0961 e. The fourth-order valence-corrected chi connectivity index (χ4v) is 1.08. The van der Waals surface area contributed by atoms with E-state index >= 15 is 0 Å². The zero-order valence-electron chi connectivity index (χ0n) is 9.76. The van der Waals surface area contributed by atoms with Gasteiger partial charge < -0.3 is 0 Å². The van der Waals surface area contributed by atoms with E-state index in [1.54, 1.807) is 0 Å². The Morgan fingerprint density at radius 2 is 1.87 bits per heavy atom. The predicted molar refractivity (Wildman–Crippen MR) is 71.1 cm³/mol. The molecule has 0 saturated carbocycles. The minimum absolute atomic E-state index is 0.759. The molecule has 0 aliphatic heterocycles. The van der Waals surface area contributed by atoms with Crippen LogP contribution >= 0.6 is 11.6 Å². The Bertz CT molecular complexity index is 314. The van der Waals surface area contributed by atoms with E-state index in [9.17, 15) is 0 Å². The Balaban J connectivity index is 4.22. The fraction of sp³-hybridized carbons (Fsp3) is 0.286. The van der Waals surface area contributed by atoms with Crippen molar-refractivity contribution in [1.82, 2.24) is 0 Å². The number of hydrogen-bond acceptors (Lipinski definition) is 0. The lowest BCUT2D eigenvalue weighted by atomic mass is 10.2. The molecule has 0 N–H and O–H groups in total. The van der Waals surface area contributed by atoms with E-state index in [0.717, 1.165) is 17.0 Å². The van der Waals surface area contributed by atoms with E-state index in [4.69, 9.17) is 11.6 Å².